The van der Waals surface area contributed by atoms with E-state index in [1.807, 2.05) is 0 Å². The fourth-order valence-corrected chi connectivity index (χ4v) is 9.64. The first-order chi connectivity index (χ1) is 14.8. The van der Waals surface area contributed by atoms with Gasteiger partial charge < -0.3 is 15.3 Å². The summed E-state index contributed by atoms with van der Waals surface area (Å²) in [4.78, 5) is 2.47. The van der Waals surface area contributed by atoms with Crippen LogP contribution in [0.2, 0.25) is 0 Å². The first-order valence-electron chi connectivity index (χ1n) is 12.8. The van der Waals surface area contributed by atoms with Gasteiger partial charge in [-0.05, 0) is 103 Å². The van der Waals surface area contributed by atoms with Gasteiger partial charge in [0.05, 0.1) is 12.2 Å². The molecule has 0 aromatic heterocycles. The standard InChI is InChI=1S/C27H37NO3/c1-14-17-4-5-18-19-11-24(30)22-9-16(29)7-8-26(22,2)21(19)10-20(18)25(17)27(31)12-15-3-6-23(14)28(27)13-15/h4-5,14-16,19,21-24,29-31H,3,6-13H2,1-2H3/t14-,15+,16+,19+,21+,22-,23+,24-,26-,27+/m1/s1. The number of nitrogens with zero attached hydrogens (tertiary/aromatic N) is 1. The van der Waals surface area contributed by atoms with Crippen molar-refractivity contribution < 1.29 is 15.3 Å². The molecule has 1 aromatic carbocycles. The number of fused-ring (bicyclic) bond motifs is 9. The van der Waals surface area contributed by atoms with Crippen LogP contribution in [0.1, 0.15) is 92.9 Å². The predicted molar refractivity (Wildman–Crippen MR) is 119 cm³/mol. The third kappa shape index (κ3) is 2.31. The number of hydrogen-bond acceptors (Lipinski definition) is 4. The predicted octanol–water partition coefficient (Wildman–Crippen LogP) is 3.62. The largest absolute Gasteiger partial charge is 0.393 e. The molecule has 4 heteroatoms. The van der Waals surface area contributed by atoms with Crippen molar-refractivity contribution in [2.45, 2.75) is 101 Å². The van der Waals surface area contributed by atoms with Crippen molar-refractivity contribution in [2.75, 3.05) is 6.54 Å². The van der Waals surface area contributed by atoms with E-state index in [-0.39, 0.29) is 23.5 Å². The van der Waals surface area contributed by atoms with Crippen LogP contribution < -0.4 is 0 Å². The van der Waals surface area contributed by atoms with E-state index in [4.69, 9.17) is 0 Å². The minimum absolute atomic E-state index is 0.0742. The van der Waals surface area contributed by atoms with Crippen LogP contribution >= 0.6 is 0 Å². The monoisotopic (exact) mass is 423 g/mol. The highest BCUT2D eigenvalue weighted by Crippen LogP contribution is 2.64. The van der Waals surface area contributed by atoms with Gasteiger partial charge in [-0.25, -0.2) is 0 Å². The topological polar surface area (TPSA) is 63.9 Å². The molecule has 10 atom stereocenters. The van der Waals surface area contributed by atoms with E-state index in [2.05, 4.69) is 30.9 Å². The van der Waals surface area contributed by atoms with Crippen LogP contribution in [0, 0.1) is 23.2 Å². The van der Waals surface area contributed by atoms with Crippen LogP contribution in [0.15, 0.2) is 12.1 Å². The normalized spacial score (nSPS) is 52.3. The highest BCUT2D eigenvalue weighted by atomic mass is 16.3. The van der Waals surface area contributed by atoms with Gasteiger partial charge in [0.2, 0.25) is 0 Å². The van der Waals surface area contributed by atoms with Crippen molar-refractivity contribution in [2.24, 2.45) is 23.2 Å². The highest BCUT2D eigenvalue weighted by molar-refractivity contribution is 5.53. The quantitative estimate of drug-likeness (QED) is 0.596. The zero-order valence-electron chi connectivity index (χ0n) is 18.9. The number of piperidine rings is 1. The van der Waals surface area contributed by atoms with E-state index in [0.29, 0.717) is 29.7 Å². The van der Waals surface area contributed by atoms with E-state index in [0.717, 1.165) is 45.1 Å². The SMILES string of the molecule is C[C@@H]1c2ccc3c(c2[C@@]2(O)C[C@@H]4CC[C@@H]1N2C4)C[C@H]1[C@H]3C[C@@H](O)[C@H]2C[C@@H](O)CC[C@@]21C. The van der Waals surface area contributed by atoms with Gasteiger partial charge in [0.1, 0.15) is 5.72 Å². The van der Waals surface area contributed by atoms with Crippen molar-refractivity contribution in [1.29, 1.82) is 0 Å². The Bertz CT molecular complexity index is 947. The van der Waals surface area contributed by atoms with Crippen LogP contribution in [-0.4, -0.2) is 45.0 Å². The maximum atomic E-state index is 12.2. The van der Waals surface area contributed by atoms with Crippen LogP contribution in [0.3, 0.4) is 0 Å². The molecule has 3 N–H and O–H groups in total. The van der Waals surface area contributed by atoms with E-state index in [9.17, 15) is 15.3 Å². The molecule has 2 bridgehead atoms. The molecule has 0 unspecified atom stereocenters. The van der Waals surface area contributed by atoms with Crippen LogP contribution in [-0.2, 0) is 12.1 Å². The molecular formula is C27H37NO3. The minimum atomic E-state index is -0.784. The van der Waals surface area contributed by atoms with Gasteiger partial charge in [0, 0.05) is 18.2 Å². The molecule has 7 rings (SSSR count). The molecule has 31 heavy (non-hydrogen) atoms. The molecule has 3 aliphatic heterocycles. The molecular weight excluding hydrogens is 386 g/mol. The summed E-state index contributed by atoms with van der Waals surface area (Å²) in [5, 5.41) is 33.7. The molecule has 6 aliphatic rings. The van der Waals surface area contributed by atoms with Crippen LogP contribution in [0.4, 0.5) is 0 Å². The molecule has 4 nitrogen and oxygen atoms in total. The Morgan fingerprint density at radius 3 is 2.68 bits per heavy atom. The second-order valence-electron chi connectivity index (χ2n) is 12.3. The number of benzene rings is 1. The van der Waals surface area contributed by atoms with E-state index in [1.54, 1.807) is 0 Å². The van der Waals surface area contributed by atoms with Gasteiger partial charge in [0.15, 0.2) is 0 Å². The number of aliphatic hydroxyl groups excluding tert-OH is 2. The molecule has 2 saturated carbocycles. The first-order valence-corrected chi connectivity index (χ1v) is 12.8. The van der Waals surface area contributed by atoms with Gasteiger partial charge in [-0.2, -0.15) is 0 Å². The van der Waals surface area contributed by atoms with E-state index >= 15 is 0 Å². The molecule has 4 fully saturated rings. The Balaban J connectivity index is 1.37. The second kappa shape index (κ2) is 6.14. The number of rotatable bonds is 0. The fraction of sp³-hybridized carbons (Fsp3) is 0.778. The van der Waals surface area contributed by atoms with Crippen LogP contribution in [0.5, 0.6) is 0 Å². The van der Waals surface area contributed by atoms with E-state index in [1.165, 1.54) is 35.1 Å². The van der Waals surface area contributed by atoms with Gasteiger partial charge in [-0.1, -0.05) is 26.0 Å². The molecule has 2 saturated heterocycles. The summed E-state index contributed by atoms with van der Waals surface area (Å²) in [6.45, 7) is 5.82. The Morgan fingerprint density at radius 2 is 1.84 bits per heavy atom. The first kappa shape index (κ1) is 19.5. The minimum Gasteiger partial charge on any atom is -0.393 e. The smallest absolute Gasteiger partial charge is 0.145 e. The molecule has 0 radical (unpaired) electrons. The lowest BCUT2D eigenvalue weighted by atomic mass is 9.51. The summed E-state index contributed by atoms with van der Waals surface area (Å²) in [5.41, 5.74) is 4.78. The lowest BCUT2D eigenvalue weighted by Gasteiger charge is -2.55. The fourth-order valence-electron chi connectivity index (χ4n) is 9.64. The third-order valence-electron chi connectivity index (χ3n) is 11.1. The lowest BCUT2D eigenvalue weighted by Crippen LogP contribution is -2.54. The Kier molecular flexibility index (Phi) is 3.86. The summed E-state index contributed by atoms with van der Waals surface area (Å²) >= 11 is 0. The molecule has 1 aromatic rings. The molecule has 0 spiro atoms. The zero-order chi connectivity index (χ0) is 21.3. The second-order valence-corrected chi connectivity index (χ2v) is 12.3. The average molecular weight is 424 g/mol. The van der Waals surface area contributed by atoms with Crippen molar-refractivity contribution in [3.05, 3.63) is 34.4 Å². The molecule has 168 valence electrons. The lowest BCUT2D eigenvalue weighted by molar-refractivity contribution is -0.124. The van der Waals surface area contributed by atoms with Crippen molar-refractivity contribution in [3.8, 4) is 0 Å². The van der Waals surface area contributed by atoms with Gasteiger partial charge in [-0.3, -0.25) is 4.90 Å². The summed E-state index contributed by atoms with van der Waals surface area (Å²) in [7, 11) is 0. The van der Waals surface area contributed by atoms with Gasteiger partial charge in [-0.15, -0.1) is 0 Å². The third-order valence-corrected chi connectivity index (χ3v) is 11.1. The van der Waals surface area contributed by atoms with Gasteiger partial charge in [0.25, 0.3) is 0 Å². The maximum absolute atomic E-state index is 12.2. The summed E-state index contributed by atoms with van der Waals surface area (Å²) in [6, 6.07) is 5.18. The van der Waals surface area contributed by atoms with E-state index < -0.39 is 5.72 Å². The van der Waals surface area contributed by atoms with Crippen molar-refractivity contribution >= 4 is 0 Å². The maximum Gasteiger partial charge on any atom is 0.145 e. The van der Waals surface area contributed by atoms with Crippen LogP contribution in [0.25, 0.3) is 0 Å². The van der Waals surface area contributed by atoms with Crippen molar-refractivity contribution in [1.82, 2.24) is 4.90 Å². The molecule has 0 amide bonds. The summed E-state index contributed by atoms with van der Waals surface area (Å²) in [6.07, 6.45) is 7.22. The zero-order valence-corrected chi connectivity index (χ0v) is 18.9. The molecule has 3 aliphatic carbocycles. The van der Waals surface area contributed by atoms with Crippen molar-refractivity contribution in [3.63, 3.8) is 0 Å². The summed E-state index contributed by atoms with van der Waals surface area (Å²) < 4.78 is 0. The number of aliphatic hydroxyl groups is 3. The Labute approximate surface area is 185 Å². The summed E-state index contributed by atoms with van der Waals surface area (Å²) in [5.74, 6) is 2.20. The Morgan fingerprint density at radius 1 is 1.03 bits per heavy atom. The average Bonchev–Trinajstić information content (AvgIpc) is 3.25. The Hall–Kier alpha value is -0.940. The highest BCUT2D eigenvalue weighted by Gasteiger charge is 2.61. The van der Waals surface area contributed by atoms with Gasteiger partial charge >= 0.3 is 0 Å². The molecule has 3 heterocycles. The number of hydrogen-bond donors (Lipinski definition) is 3.